The van der Waals surface area contributed by atoms with Crippen molar-refractivity contribution in [1.29, 1.82) is 0 Å². The summed E-state index contributed by atoms with van der Waals surface area (Å²) in [5.74, 6) is -0.356. The molecule has 164 valence electrons. The van der Waals surface area contributed by atoms with Gasteiger partial charge in [-0.3, -0.25) is 4.79 Å². The van der Waals surface area contributed by atoms with E-state index >= 15 is 0 Å². The minimum absolute atomic E-state index is 0. The number of carbonyl (C=O) groups is 1. The molecule has 0 saturated heterocycles. The molecule has 1 heterocycles. The average Bonchev–Trinajstić information content (AvgIpc) is 2.67. The van der Waals surface area contributed by atoms with Crippen molar-refractivity contribution in [2.24, 2.45) is 0 Å². The van der Waals surface area contributed by atoms with Crippen molar-refractivity contribution in [3.8, 4) is 0 Å². The van der Waals surface area contributed by atoms with Crippen molar-refractivity contribution in [3.05, 3.63) is 46.2 Å². The molecule has 1 fully saturated rings. The normalized spacial score (nSPS) is 18.3. The SMILES string of the molecule is Cc1nc(NC2CCC(NC(=O)c3ccc(F)c(Cl)c3)CC2)c(F)c(N(C)C)n1.Cl. The van der Waals surface area contributed by atoms with Gasteiger partial charge in [-0.05, 0) is 50.8 Å². The first-order valence-corrected chi connectivity index (χ1v) is 9.86. The van der Waals surface area contributed by atoms with Gasteiger partial charge in [0.2, 0.25) is 5.82 Å². The third-order valence-electron chi connectivity index (χ3n) is 4.95. The summed E-state index contributed by atoms with van der Waals surface area (Å²) in [5.41, 5.74) is 0.325. The first-order valence-electron chi connectivity index (χ1n) is 9.48. The van der Waals surface area contributed by atoms with Gasteiger partial charge in [-0.1, -0.05) is 11.6 Å². The summed E-state index contributed by atoms with van der Waals surface area (Å²) in [4.78, 5) is 22.3. The molecule has 1 saturated carbocycles. The fourth-order valence-electron chi connectivity index (χ4n) is 3.42. The van der Waals surface area contributed by atoms with Gasteiger partial charge in [-0.25, -0.2) is 14.4 Å². The lowest BCUT2D eigenvalue weighted by molar-refractivity contribution is 0.0926. The molecule has 2 N–H and O–H groups in total. The maximum Gasteiger partial charge on any atom is 0.251 e. The monoisotopic (exact) mass is 459 g/mol. The Hall–Kier alpha value is -2.19. The summed E-state index contributed by atoms with van der Waals surface area (Å²) < 4.78 is 27.9. The maximum absolute atomic E-state index is 14.6. The summed E-state index contributed by atoms with van der Waals surface area (Å²) in [7, 11) is 3.47. The fraction of sp³-hybridized carbons (Fsp3) is 0.450. The first-order chi connectivity index (χ1) is 13.7. The van der Waals surface area contributed by atoms with Crippen LogP contribution >= 0.6 is 24.0 Å². The van der Waals surface area contributed by atoms with Gasteiger partial charge in [0.25, 0.3) is 5.91 Å². The second kappa shape index (κ2) is 10.2. The number of rotatable bonds is 5. The van der Waals surface area contributed by atoms with Crippen LogP contribution in [0.4, 0.5) is 20.4 Å². The summed E-state index contributed by atoms with van der Waals surface area (Å²) >= 11 is 5.74. The number of nitrogens with zero attached hydrogens (tertiary/aromatic N) is 3. The standard InChI is InChI=1S/C20H24ClF2N5O.ClH/c1-11-24-18(17(23)19(25-11)28(2)3)26-13-5-7-14(8-6-13)27-20(29)12-4-9-16(22)15(21)10-12;/h4,9-10,13-14H,5-8H2,1-3H3,(H,27,29)(H,24,25,26);1H. The molecular weight excluding hydrogens is 435 g/mol. The van der Waals surface area contributed by atoms with Gasteiger partial charge in [0, 0.05) is 31.7 Å². The van der Waals surface area contributed by atoms with E-state index in [2.05, 4.69) is 20.6 Å². The Balaban J connectivity index is 0.00000320. The highest BCUT2D eigenvalue weighted by Gasteiger charge is 2.25. The predicted octanol–water partition coefficient (Wildman–Crippen LogP) is 4.36. The Morgan fingerprint density at radius 2 is 1.77 bits per heavy atom. The van der Waals surface area contributed by atoms with Gasteiger partial charge in [-0.15, -0.1) is 12.4 Å². The Morgan fingerprint density at radius 3 is 2.37 bits per heavy atom. The number of benzene rings is 1. The smallest absolute Gasteiger partial charge is 0.251 e. The molecule has 0 aliphatic heterocycles. The number of aryl methyl sites for hydroxylation is 1. The summed E-state index contributed by atoms with van der Waals surface area (Å²) in [6.07, 6.45) is 3.00. The molecule has 0 atom stereocenters. The largest absolute Gasteiger partial charge is 0.365 e. The Bertz CT molecular complexity index is 905. The van der Waals surface area contributed by atoms with E-state index in [0.717, 1.165) is 25.7 Å². The number of halogens is 4. The lowest BCUT2D eigenvalue weighted by Crippen LogP contribution is -2.40. The highest BCUT2D eigenvalue weighted by atomic mass is 35.5. The molecule has 2 aromatic rings. The van der Waals surface area contributed by atoms with Crippen molar-refractivity contribution < 1.29 is 13.6 Å². The van der Waals surface area contributed by atoms with E-state index in [4.69, 9.17) is 11.6 Å². The molecule has 10 heteroatoms. The minimum Gasteiger partial charge on any atom is -0.365 e. The van der Waals surface area contributed by atoms with Crippen LogP contribution in [0, 0.1) is 18.6 Å². The lowest BCUT2D eigenvalue weighted by atomic mass is 9.91. The van der Waals surface area contributed by atoms with E-state index in [1.54, 1.807) is 25.9 Å². The summed E-state index contributed by atoms with van der Waals surface area (Å²) in [6, 6.07) is 3.97. The van der Waals surface area contributed by atoms with Gasteiger partial charge in [-0.2, -0.15) is 4.39 Å². The van der Waals surface area contributed by atoms with E-state index in [0.29, 0.717) is 11.4 Å². The molecule has 1 aromatic heterocycles. The Kier molecular flexibility index (Phi) is 8.20. The number of hydrogen-bond acceptors (Lipinski definition) is 5. The van der Waals surface area contributed by atoms with E-state index < -0.39 is 11.6 Å². The lowest BCUT2D eigenvalue weighted by Gasteiger charge is -2.30. The van der Waals surface area contributed by atoms with Crippen LogP contribution in [0.15, 0.2) is 18.2 Å². The topological polar surface area (TPSA) is 70.2 Å². The summed E-state index contributed by atoms with van der Waals surface area (Å²) in [6.45, 7) is 1.73. The Labute approximate surface area is 185 Å². The van der Waals surface area contributed by atoms with Crippen molar-refractivity contribution >= 4 is 41.6 Å². The second-order valence-electron chi connectivity index (χ2n) is 7.45. The van der Waals surface area contributed by atoms with E-state index in [1.165, 1.54) is 18.2 Å². The quantitative estimate of drug-likeness (QED) is 0.694. The number of carbonyl (C=O) groups excluding carboxylic acids is 1. The molecule has 0 radical (unpaired) electrons. The van der Waals surface area contributed by atoms with E-state index in [9.17, 15) is 13.6 Å². The molecule has 0 spiro atoms. The predicted molar refractivity (Wildman–Crippen MR) is 117 cm³/mol. The average molecular weight is 460 g/mol. The van der Waals surface area contributed by atoms with Crippen LogP contribution in [-0.2, 0) is 0 Å². The van der Waals surface area contributed by atoms with E-state index in [-0.39, 0.29) is 47.1 Å². The number of hydrogen-bond donors (Lipinski definition) is 2. The highest BCUT2D eigenvalue weighted by molar-refractivity contribution is 6.31. The van der Waals surface area contributed by atoms with E-state index in [1.807, 2.05) is 0 Å². The second-order valence-corrected chi connectivity index (χ2v) is 7.85. The molecule has 30 heavy (non-hydrogen) atoms. The van der Waals surface area contributed by atoms with Crippen LogP contribution < -0.4 is 15.5 Å². The highest BCUT2D eigenvalue weighted by Crippen LogP contribution is 2.26. The number of anilines is 2. The molecule has 3 rings (SSSR count). The van der Waals surface area contributed by atoms with Crippen LogP contribution in [0.5, 0.6) is 0 Å². The van der Waals surface area contributed by atoms with Crippen LogP contribution in [0.1, 0.15) is 41.9 Å². The van der Waals surface area contributed by atoms with Crippen molar-refractivity contribution in [2.45, 2.75) is 44.7 Å². The zero-order chi connectivity index (χ0) is 21.1. The third-order valence-corrected chi connectivity index (χ3v) is 5.24. The van der Waals surface area contributed by atoms with Crippen molar-refractivity contribution in [3.63, 3.8) is 0 Å². The number of nitrogens with one attached hydrogen (secondary N) is 2. The molecule has 0 unspecified atom stereocenters. The fourth-order valence-corrected chi connectivity index (χ4v) is 3.60. The van der Waals surface area contributed by atoms with Crippen LogP contribution in [0.3, 0.4) is 0 Å². The zero-order valence-corrected chi connectivity index (χ0v) is 18.6. The molecule has 1 amide bonds. The molecule has 1 aliphatic carbocycles. The molecule has 1 aliphatic rings. The Morgan fingerprint density at radius 1 is 1.13 bits per heavy atom. The molecular formula is C20H25Cl2F2N5O. The maximum atomic E-state index is 14.6. The zero-order valence-electron chi connectivity index (χ0n) is 17.0. The summed E-state index contributed by atoms with van der Waals surface area (Å²) in [5, 5.41) is 6.06. The first kappa shape index (κ1) is 24.1. The minimum atomic E-state index is -0.556. The molecule has 6 nitrogen and oxygen atoms in total. The van der Waals surface area contributed by atoms with Crippen molar-refractivity contribution in [2.75, 3.05) is 24.3 Å². The third kappa shape index (κ3) is 5.70. The number of amides is 1. The van der Waals surface area contributed by atoms with Gasteiger partial charge >= 0.3 is 0 Å². The van der Waals surface area contributed by atoms with Gasteiger partial charge in [0.15, 0.2) is 11.6 Å². The van der Waals surface area contributed by atoms with Crippen LogP contribution in [0.2, 0.25) is 5.02 Å². The van der Waals surface area contributed by atoms with Crippen LogP contribution in [-0.4, -0.2) is 42.1 Å². The van der Waals surface area contributed by atoms with Crippen LogP contribution in [0.25, 0.3) is 0 Å². The molecule has 0 bridgehead atoms. The number of aromatic nitrogens is 2. The van der Waals surface area contributed by atoms with Crippen molar-refractivity contribution in [1.82, 2.24) is 15.3 Å². The van der Waals surface area contributed by atoms with Gasteiger partial charge in [0.05, 0.1) is 5.02 Å². The van der Waals surface area contributed by atoms with Gasteiger partial charge < -0.3 is 15.5 Å². The molecule has 1 aromatic carbocycles. The van der Waals surface area contributed by atoms with Gasteiger partial charge in [0.1, 0.15) is 11.6 Å².